The van der Waals surface area contributed by atoms with Crippen LogP contribution in [0.1, 0.15) is 16.7 Å². The van der Waals surface area contributed by atoms with Crippen molar-refractivity contribution in [1.29, 1.82) is 0 Å². The number of anilines is 1. The molecule has 0 fully saturated rings. The molecule has 0 radical (unpaired) electrons. The van der Waals surface area contributed by atoms with Gasteiger partial charge in [0.1, 0.15) is 5.75 Å². The Hall–Kier alpha value is -2.83. The summed E-state index contributed by atoms with van der Waals surface area (Å²) in [7, 11) is 0. The number of carbonyl (C=O) groups is 1. The first-order chi connectivity index (χ1) is 10.6. The van der Waals surface area contributed by atoms with E-state index in [9.17, 15) is 9.59 Å². The van der Waals surface area contributed by atoms with E-state index in [1.54, 1.807) is 13.1 Å². The fourth-order valence-corrected chi connectivity index (χ4v) is 2.61. The zero-order valence-electron chi connectivity index (χ0n) is 12.1. The largest absolute Gasteiger partial charge is 0.483 e. The average Bonchev–Trinajstić information content (AvgIpc) is 2.92. The number of carbonyl (C=O) groups excluding carboxylic acids is 1. The summed E-state index contributed by atoms with van der Waals surface area (Å²) in [5.41, 5.74) is 8.45. The van der Waals surface area contributed by atoms with E-state index in [0.29, 0.717) is 24.4 Å². The number of ether oxygens (including phenoxy) is 1. The van der Waals surface area contributed by atoms with Gasteiger partial charge in [0.15, 0.2) is 6.61 Å². The summed E-state index contributed by atoms with van der Waals surface area (Å²) in [6, 6.07) is 5.69. The highest BCUT2D eigenvalue weighted by atomic mass is 16.5. The van der Waals surface area contributed by atoms with Gasteiger partial charge >= 0.3 is 0 Å². The number of amides is 1. The summed E-state index contributed by atoms with van der Waals surface area (Å²) in [5, 5.41) is 6.28. The van der Waals surface area contributed by atoms with Crippen LogP contribution in [-0.2, 0) is 17.9 Å². The van der Waals surface area contributed by atoms with E-state index < -0.39 is 5.91 Å². The number of nitrogens with two attached hydrogens (primary N) is 1. The van der Waals surface area contributed by atoms with Gasteiger partial charge in [-0.15, -0.1) is 0 Å². The minimum Gasteiger partial charge on any atom is -0.483 e. The van der Waals surface area contributed by atoms with Crippen molar-refractivity contribution in [2.75, 3.05) is 11.5 Å². The topological polar surface area (TPSA) is 101 Å². The second-order valence-electron chi connectivity index (χ2n) is 5.21. The van der Waals surface area contributed by atoms with Gasteiger partial charge in [0.05, 0.1) is 11.9 Å². The Morgan fingerprint density at radius 1 is 1.45 bits per heavy atom. The molecule has 0 aliphatic carbocycles. The molecule has 1 aromatic carbocycles. The normalized spacial score (nSPS) is 13.0. The summed E-state index contributed by atoms with van der Waals surface area (Å²) in [6.45, 7) is 2.87. The van der Waals surface area contributed by atoms with Crippen LogP contribution in [0.3, 0.4) is 0 Å². The van der Waals surface area contributed by atoms with Crippen LogP contribution in [0.15, 0.2) is 29.2 Å². The number of hydrogen-bond donors (Lipinski definition) is 2. The van der Waals surface area contributed by atoms with E-state index in [1.165, 1.54) is 0 Å². The lowest BCUT2D eigenvalue weighted by Gasteiger charge is -2.18. The number of nitrogens with zero attached hydrogens (tertiary/aromatic N) is 2. The lowest BCUT2D eigenvalue weighted by molar-refractivity contribution is -0.119. The van der Waals surface area contributed by atoms with Crippen LogP contribution in [-0.4, -0.2) is 22.7 Å². The molecule has 1 aromatic heterocycles. The smallest absolute Gasteiger partial charge is 0.269 e. The Morgan fingerprint density at radius 2 is 2.27 bits per heavy atom. The minimum atomic E-state index is -0.512. The van der Waals surface area contributed by atoms with Gasteiger partial charge < -0.3 is 15.4 Å². The van der Waals surface area contributed by atoms with Gasteiger partial charge in [-0.05, 0) is 18.6 Å². The van der Waals surface area contributed by atoms with Crippen LogP contribution in [0, 0.1) is 6.92 Å². The molecular formula is C15H16N4O3. The lowest BCUT2D eigenvalue weighted by atomic mass is 10.1. The van der Waals surface area contributed by atoms with Crippen LogP contribution >= 0.6 is 0 Å². The number of fused-ring (bicyclic) bond motifs is 1. The molecule has 1 amide bonds. The van der Waals surface area contributed by atoms with E-state index >= 15 is 0 Å². The Balaban J connectivity index is 1.89. The van der Waals surface area contributed by atoms with Gasteiger partial charge in [0.2, 0.25) is 0 Å². The summed E-state index contributed by atoms with van der Waals surface area (Å²) < 4.78 is 5.46. The van der Waals surface area contributed by atoms with Crippen molar-refractivity contribution in [1.82, 2.24) is 10.2 Å². The van der Waals surface area contributed by atoms with Crippen molar-refractivity contribution in [2.24, 2.45) is 5.73 Å². The van der Waals surface area contributed by atoms with Crippen LogP contribution < -0.4 is 20.9 Å². The Morgan fingerprint density at radius 3 is 3.05 bits per heavy atom. The van der Waals surface area contributed by atoms with E-state index in [4.69, 9.17) is 10.5 Å². The summed E-state index contributed by atoms with van der Waals surface area (Å²) in [5.74, 6) is 0.136. The molecule has 0 atom stereocenters. The molecule has 0 saturated heterocycles. The Kier molecular flexibility index (Phi) is 3.54. The number of aromatic nitrogens is 2. The molecule has 114 valence electrons. The van der Waals surface area contributed by atoms with Gasteiger partial charge in [-0.1, -0.05) is 12.1 Å². The van der Waals surface area contributed by atoms with Crippen molar-refractivity contribution in [3.05, 3.63) is 51.4 Å². The van der Waals surface area contributed by atoms with Crippen molar-refractivity contribution in [3.8, 4) is 5.75 Å². The fraction of sp³-hybridized carbons (Fsp3) is 0.267. The Labute approximate surface area is 126 Å². The summed E-state index contributed by atoms with van der Waals surface area (Å²) in [4.78, 5) is 24.6. The Bertz CT molecular complexity index is 785. The number of benzene rings is 1. The highest BCUT2D eigenvalue weighted by Crippen LogP contribution is 2.34. The summed E-state index contributed by atoms with van der Waals surface area (Å²) in [6.07, 6.45) is 1.65. The standard InChI is InChI=1S/C15H16N4O3/c1-9-12(5-17-18-15(9)21)19-6-10-3-2-4-13(11(10)7-19)22-8-14(16)20/h2-5H,6-8H2,1H3,(H2,16,20)(H,18,21). The predicted octanol–water partition coefficient (Wildman–Crippen LogP) is 0.463. The van der Waals surface area contributed by atoms with Crippen LogP contribution in [0.4, 0.5) is 5.69 Å². The first-order valence-corrected chi connectivity index (χ1v) is 6.87. The second-order valence-corrected chi connectivity index (χ2v) is 5.21. The second kappa shape index (κ2) is 5.51. The highest BCUT2D eigenvalue weighted by Gasteiger charge is 2.24. The average molecular weight is 300 g/mol. The van der Waals surface area contributed by atoms with Gasteiger partial charge in [-0.2, -0.15) is 5.10 Å². The first-order valence-electron chi connectivity index (χ1n) is 6.87. The molecule has 1 aliphatic heterocycles. The molecule has 3 N–H and O–H groups in total. The molecule has 2 aromatic rings. The number of aromatic amines is 1. The van der Waals surface area contributed by atoms with Crippen molar-refractivity contribution >= 4 is 11.6 Å². The fourth-order valence-electron chi connectivity index (χ4n) is 2.61. The molecule has 22 heavy (non-hydrogen) atoms. The van der Waals surface area contributed by atoms with Gasteiger partial charge in [-0.25, -0.2) is 5.10 Å². The zero-order chi connectivity index (χ0) is 15.7. The third-order valence-corrected chi connectivity index (χ3v) is 3.73. The SMILES string of the molecule is Cc1c(N2Cc3cccc(OCC(N)=O)c3C2)cn[nH]c1=O. The van der Waals surface area contributed by atoms with E-state index in [1.807, 2.05) is 18.2 Å². The molecule has 0 spiro atoms. The van der Waals surface area contributed by atoms with Gasteiger partial charge in [0, 0.05) is 24.2 Å². The van der Waals surface area contributed by atoms with Crippen molar-refractivity contribution in [2.45, 2.75) is 20.0 Å². The van der Waals surface area contributed by atoms with Crippen molar-refractivity contribution < 1.29 is 9.53 Å². The van der Waals surface area contributed by atoms with E-state index in [0.717, 1.165) is 16.8 Å². The number of H-pyrrole nitrogens is 1. The third kappa shape index (κ3) is 2.52. The molecule has 0 saturated carbocycles. The van der Waals surface area contributed by atoms with E-state index in [-0.39, 0.29) is 12.2 Å². The van der Waals surface area contributed by atoms with Crippen LogP contribution in [0.2, 0.25) is 0 Å². The quantitative estimate of drug-likeness (QED) is 0.854. The maximum absolute atomic E-state index is 11.7. The van der Waals surface area contributed by atoms with Crippen molar-refractivity contribution in [3.63, 3.8) is 0 Å². The first kappa shape index (κ1) is 14.1. The maximum Gasteiger partial charge on any atom is 0.269 e. The monoisotopic (exact) mass is 300 g/mol. The minimum absolute atomic E-state index is 0.151. The number of primary amides is 1. The third-order valence-electron chi connectivity index (χ3n) is 3.73. The van der Waals surface area contributed by atoms with E-state index in [2.05, 4.69) is 15.1 Å². The number of rotatable bonds is 4. The van der Waals surface area contributed by atoms with Crippen LogP contribution in [0.25, 0.3) is 0 Å². The molecule has 2 heterocycles. The summed E-state index contributed by atoms with van der Waals surface area (Å²) >= 11 is 0. The molecule has 1 aliphatic rings. The number of nitrogens with one attached hydrogen (secondary N) is 1. The lowest BCUT2D eigenvalue weighted by Crippen LogP contribution is -2.22. The molecule has 7 nitrogen and oxygen atoms in total. The van der Waals surface area contributed by atoms with Gasteiger partial charge in [-0.3, -0.25) is 9.59 Å². The molecule has 7 heteroatoms. The molecular weight excluding hydrogens is 284 g/mol. The zero-order valence-corrected chi connectivity index (χ0v) is 12.1. The molecule has 0 unspecified atom stereocenters. The molecule has 3 rings (SSSR count). The maximum atomic E-state index is 11.7. The highest BCUT2D eigenvalue weighted by molar-refractivity contribution is 5.75. The van der Waals surface area contributed by atoms with Gasteiger partial charge in [0.25, 0.3) is 11.5 Å². The predicted molar refractivity (Wildman–Crippen MR) is 80.6 cm³/mol. The van der Waals surface area contributed by atoms with Crippen LogP contribution in [0.5, 0.6) is 5.75 Å². The molecule has 0 bridgehead atoms. The number of hydrogen-bond acceptors (Lipinski definition) is 5.